The van der Waals surface area contributed by atoms with Crippen molar-refractivity contribution in [3.8, 4) is 0 Å². The summed E-state index contributed by atoms with van der Waals surface area (Å²) in [5.41, 5.74) is 0. The minimum Gasteiger partial charge on any atom is -0.317 e. The topological polar surface area (TPSA) is 18.5 Å². The number of likely N-dealkylation sites (N-methyl/N-ethyl adjacent to an activating group) is 1. The van der Waals surface area contributed by atoms with E-state index in [1.807, 2.05) is 0 Å². The molecule has 16 heavy (non-hydrogen) atoms. The van der Waals surface area contributed by atoms with Crippen molar-refractivity contribution < 1.29 is 0 Å². The Kier molecular flexibility index (Phi) is 5.07. The first-order valence-corrected chi connectivity index (χ1v) is 6.96. The fraction of sp³-hybridized carbons (Fsp3) is 1.00. The highest BCUT2D eigenvalue weighted by Crippen LogP contribution is 2.18. The van der Waals surface area contributed by atoms with Crippen LogP contribution in [0.4, 0.5) is 0 Å². The standard InChI is InChI=1S/C13H27N3/c1-15-9-11-16(12-10-15)8-2-3-13-4-6-14-7-5-13/h13-14H,2-12H2,1H3. The van der Waals surface area contributed by atoms with Crippen LogP contribution in [0.15, 0.2) is 0 Å². The molecule has 0 aromatic heterocycles. The smallest absolute Gasteiger partial charge is 0.0110 e. The second kappa shape index (κ2) is 6.58. The van der Waals surface area contributed by atoms with Gasteiger partial charge < -0.3 is 15.1 Å². The normalized spacial score (nSPS) is 26.1. The van der Waals surface area contributed by atoms with Crippen LogP contribution in [0.5, 0.6) is 0 Å². The predicted octanol–water partition coefficient (Wildman–Crippen LogP) is 1.01. The van der Waals surface area contributed by atoms with Crippen molar-refractivity contribution in [1.29, 1.82) is 0 Å². The number of nitrogens with zero attached hydrogens (tertiary/aromatic N) is 2. The Morgan fingerprint density at radius 1 is 1.06 bits per heavy atom. The third kappa shape index (κ3) is 4.04. The molecule has 0 atom stereocenters. The molecule has 2 heterocycles. The van der Waals surface area contributed by atoms with Crippen LogP contribution in [0.25, 0.3) is 0 Å². The number of piperazine rings is 1. The number of hydrogen-bond acceptors (Lipinski definition) is 3. The summed E-state index contributed by atoms with van der Waals surface area (Å²) in [6, 6.07) is 0. The van der Waals surface area contributed by atoms with Crippen LogP contribution in [-0.4, -0.2) is 62.7 Å². The lowest BCUT2D eigenvalue weighted by Gasteiger charge is -2.32. The van der Waals surface area contributed by atoms with E-state index in [2.05, 4.69) is 22.2 Å². The Morgan fingerprint density at radius 2 is 1.75 bits per heavy atom. The highest BCUT2D eigenvalue weighted by molar-refractivity contribution is 4.72. The summed E-state index contributed by atoms with van der Waals surface area (Å²) in [5.74, 6) is 1.01. The van der Waals surface area contributed by atoms with Gasteiger partial charge in [0.1, 0.15) is 0 Å². The summed E-state index contributed by atoms with van der Waals surface area (Å²) < 4.78 is 0. The SMILES string of the molecule is CN1CCN(CCCC2CCNCC2)CC1. The van der Waals surface area contributed by atoms with Crippen LogP contribution >= 0.6 is 0 Å². The van der Waals surface area contributed by atoms with Crippen LogP contribution in [0, 0.1) is 5.92 Å². The van der Waals surface area contributed by atoms with E-state index in [-0.39, 0.29) is 0 Å². The zero-order valence-corrected chi connectivity index (χ0v) is 10.7. The minimum absolute atomic E-state index is 1.01. The first kappa shape index (κ1) is 12.3. The van der Waals surface area contributed by atoms with Gasteiger partial charge >= 0.3 is 0 Å². The molecule has 2 rings (SSSR count). The summed E-state index contributed by atoms with van der Waals surface area (Å²) in [7, 11) is 2.23. The molecule has 0 unspecified atom stereocenters. The molecule has 0 aliphatic carbocycles. The van der Waals surface area contributed by atoms with Crippen molar-refractivity contribution in [1.82, 2.24) is 15.1 Å². The van der Waals surface area contributed by atoms with Gasteiger partial charge in [-0.3, -0.25) is 0 Å². The highest BCUT2D eigenvalue weighted by Gasteiger charge is 2.15. The Morgan fingerprint density at radius 3 is 2.44 bits per heavy atom. The minimum atomic E-state index is 1.01. The fourth-order valence-electron chi connectivity index (χ4n) is 2.85. The average molecular weight is 225 g/mol. The molecule has 3 nitrogen and oxygen atoms in total. The molecule has 0 amide bonds. The molecule has 1 N–H and O–H groups in total. The van der Waals surface area contributed by atoms with E-state index in [0.29, 0.717) is 0 Å². The highest BCUT2D eigenvalue weighted by atomic mass is 15.2. The summed E-state index contributed by atoms with van der Waals surface area (Å²) in [5, 5.41) is 3.44. The van der Waals surface area contributed by atoms with Gasteiger partial charge in [0.2, 0.25) is 0 Å². The molecule has 0 aromatic rings. The van der Waals surface area contributed by atoms with E-state index in [0.717, 1.165) is 5.92 Å². The maximum absolute atomic E-state index is 3.44. The maximum Gasteiger partial charge on any atom is 0.0110 e. The van der Waals surface area contributed by atoms with Gasteiger partial charge in [0, 0.05) is 26.2 Å². The molecule has 0 saturated carbocycles. The van der Waals surface area contributed by atoms with E-state index in [1.54, 1.807) is 0 Å². The summed E-state index contributed by atoms with van der Waals surface area (Å²) in [6.07, 6.45) is 5.67. The van der Waals surface area contributed by atoms with Gasteiger partial charge in [0.15, 0.2) is 0 Å². The molecule has 2 aliphatic heterocycles. The van der Waals surface area contributed by atoms with Crippen LogP contribution in [-0.2, 0) is 0 Å². The van der Waals surface area contributed by atoms with E-state index >= 15 is 0 Å². The average Bonchev–Trinajstić information content (AvgIpc) is 2.33. The summed E-state index contributed by atoms with van der Waals surface area (Å²) in [4.78, 5) is 5.07. The summed E-state index contributed by atoms with van der Waals surface area (Å²) >= 11 is 0. The molecule has 0 aromatic carbocycles. The Hall–Kier alpha value is -0.120. The first-order valence-electron chi connectivity index (χ1n) is 6.96. The van der Waals surface area contributed by atoms with E-state index in [4.69, 9.17) is 0 Å². The quantitative estimate of drug-likeness (QED) is 0.770. The third-order valence-electron chi connectivity index (χ3n) is 4.14. The molecule has 3 heteroatoms. The second-order valence-electron chi connectivity index (χ2n) is 5.48. The Labute approximate surface area is 100 Å². The van der Waals surface area contributed by atoms with E-state index in [1.165, 1.54) is 71.5 Å². The van der Waals surface area contributed by atoms with Crippen LogP contribution in [0.1, 0.15) is 25.7 Å². The van der Waals surface area contributed by atoms with E-state index in [9.17, 15) is 0 Å². The van der Waals surface area contributed by atoms with Gasteiger partial charge in [-0.25, -0.2) is 0 Å². The lowest BCUT2D eigenvalue weighted by molar-refractivity contribution is 0.149. The van der Waals surface area contributed by atoms with Crippen LogP contribution < -0.4 is 5.32 Å². The van der Waals surface area contributed by atoms with Gasteiger partial charge in [0.25, 0.3) is 0 Å². The van der Waals surface area contributed by atoms with Gasteiger partial charge in [-0.05, 0) is 58.3 Å². The molecular weight excluding hydrogens is 198 g/mol. The number of rotatable bonds is 4. The van der Waals surface area contributed by atoms with Gasteiger partial charge in [-0.2, -0.15) is 0 Å². The number of hydrogen-bond donors (Lipinski definition) is 1. The molecule has 2 aliphatic rings. The number of piperidine rings is 1. The van der Waals surface area contributed by atoms with Crippen molar-refractivity contribution in [2.75, 3.05) is 52.9 Å². The van der Waals surface area contributed by atoms with Crippen LogP contribution in [0.2, 0.25) is 0 Å². The molecule has 2 fully saturated rings. The molecule has 0 radical (unpaired) electrons. The van der Waals surface area contributed by atoms with Gasteiger partial charge in [-0.15, -0.1) is 0 Å². The van der Waals surface area contributed by atoms with E-state index < -0.39 is 0 Å². The molecule has 2 saturated heterocycles. The number of nitrogens with one attached hydrogen (secondary N) is 1. The molecule has 0 spiro atoms. The Balaban J connectivity index is 1.53. The first-order chi connectivity index (χ1) is 7.84. The van der Waals surface area contributed by atoms with Crippen molar-refractivity contribution in [2.24, 2.45) is 5.92 Å². The maximum atomic E-state index is 3.44. The fourth-order valence-corrected chi connectivity index (χ4v) is 2.85. The third-order valence-corrected chi connectivity index (χ3v) is 4.14. The van der Waals surface area contributed by atoms with Crippen molar-refractivity contribution >= 4 is 0 Å². The lowest BCUT2D eigenvalue weighted by Crippen LogP contribution is -2.44. The predicted molar refractivity (Wildman–Crippen MR) is 68.8 cm³/mol. The van der Waals surface area contributed by atoms with Gasteiger partial charge in [-0.1, -0.05) is 0 Å². The van der Waals surface area contributed by atoms with Gasteiger partial charge in [0.05, 0.1) is 0 Å². The van der Waals surface area contributed by atoms with Crippen molar-refractivity contribution in [2.45, 2.75) is 25.7 Å². The lowest BCUT2D eigenvalue weighted by atomic mass is 9.93. The summed E-state index contributed by atoms with van der Waals surface area (Å²) in [6.45, 7) is 8.91. The molecule has 94 valence electrons. The zero-order valence-electron chi connectivity index (χ0n) is 10.7. The molecular formula is C13H27N3. The van der Waals surface area contributed by atoms with Crippen molar-refractivity contribution in [3.63, 3.8) is 0 Å². The van der Waals surface area contributed by atoms with Crippen LogP contribution in [0.3, 0.4) is 0 Å². The monoisotopic (exact) mass is 225 g/mol. The molecule has 0 bridgehead atoms. The Bertz CT molecular complexity index is 182. The zero-order chi connectivity index (χ0) is 11.2. The second-order valence-corrected chi connectivity index (χ2v) is 5.48. The largest absolute Gasteiger partial charge is 0.317 e. The van der Waals surface area contributed by atoms with Crippen molar-refractivity contribution in [3.05, 3.63) is 0 Å².